The van der Waals surface area contributed by atoms with Crippen LogP contribution in [0.25, 0.3) is 0 Å². The van der Waals surface area contributed by atoms with Crippen LogP contribution >= 0.6 is 26.3 Å². The van der Waals surface area contributed by atoms with Gasteiger partial charge in [-0.3, -0.25) is 0 Å². The molecule has 0 saturated heterocycles. The topological polar surface area (TPSA) is 15.8 Å². The molecule has 0 aromatic carbocycles. The van der Waals surface area contributed by atoms with Crippen molar-refractivity contribution in [2.24, 2.45) is 0 Å². The predicted molar refractivity (Wildman–Crippen MR) is 63.2 cm³/mol. The number of hydrogen-bond acceptors (Lipinski definition) is 0. The van der Waals surface area contributed by atoms with Gasteiger partial charge in [0, 0.05) is 0 Å². The van der Waals surface area contributed by atoms with Crippen LogP contribution in [0.15, 0.2) is 18.3 Å². The zero-order valence-corrected chi connectivity index (χ0v) is 10.3. The molecule has 1 nitrogen and oxygen atoms in total. The Kier molecular flexibility index (Phi) is 2.37. The zero-order chi connectivity index (χ0) is 8.56. The van der Waals surface area contributed by atoms with Gasteiger partial charge in [0.15, 0.2) is 0 Å². The van der Waals surface area contributed by atoms with Gasteiger partial charge in [-0.1, -0.05) is 0 Å². The number of nitrogens with one attached hydrogen (secondary N) is 1. The summed E-state index contributed by atoms with van der Waals surface area (Å²) in [7, 11) is 0. The minimum absolute atomic E-state index is 1.21. The van der Waals surface area contributed by atoms with Crippen LogP contribution in [0.2, 0.25) is 0 Å². The van der Waals surface area contributed by atoms with Crippen molar-refractivity contribution in [3.8, 4) is 0 Å². The molecule has 1 rings (SSSR count). The van der Waals surface area contributed by atoms with Crippen molar-refractivity contribution < 1.29 is 0 Å². The molecule has 0 aliphatic rings. The fraction of sp³-hybridized carbons (Fsp3) is 0.500. The van der Waals surface area contributed by atoms with Gasteiger partial charge in [-0.25, -0.2) is 0 Å². The molecule has 1 heterocycles. The average molecular weight is 283 g/mol. The molecule has 0 amide bonds. The minimum atomic E-state index is -1.38. The van der Waals surface area contributed by atoms with Crippen LogP contribution in [-0.4, -0.2) is 25.0 Å². The Balaban J connectivity index is 2.72. The van der Waals surface area contributed by atoms with Gasteiger partial charge in [-0.05, 0) is 0 Å². The summed E-state index contributed by atoms with van der Waals surface area (Å²) in [5.74, 6) is 0. The van der Waals surface area contributed by atoms with Crippen molar-refractivity contribution in [3.63, 3.8) is 0 Å². The third kappa shape index (κ3) is 4.12. The molecule has 1 N–H and O–H groups in total. The first-order valence-electron chi connectivity index (χ1n) is 3.67. The molecule has 0 fully saturated rings. The van der Waals surface area contributed by atoms with E-state index in [1.807, 2.05) is 6.20 Å². The van der Waals surface area contributed by atoms with Crippen LogP contribution in [0, 0.1) is 0 Å². The predicted octanol–water partition coefficient (Wildman–Crippen LogP) is 3.31. The molecule has 0 spiro atoms. The Labute approximate surface area is 81.4 Å². The molecule has 64 valence electrons. The summed E-state index contributed by atoms with van der Waals surface area (Å²) in [5, 5.41) is 0. The van der Waals surface area contributed by atoms with Gasteiger partial charge in [0.2, 0.25) is 0 Å². The van der Waals surface area contributed by atoms with Crippen LogP contribution in [-0.2, 0) is 6.16 Å². The Morgan fingerprint density at radius 3 is 2.45 bits per heavy atom. The molecule has 0 radical (unpaired) electrons. The normalized spacial score (nSPS) is 15.8. The van der Waals surface area contributed by atoms with E-state index in [2.05, 4.69) is 59.2 Å². The second-order valence-electron chi connectivity index (χ2n) is 4.27. The van der Waals surface area contributed by atoms with Crippen molar-refractivity contribution in [1.82, 2.24) is 4.98 Å². The van der Waals surface area contributed by atoms with E-state index in [1.54, 1.807) is 0 Å². The molecule has 3 heteroatoms. The van der Waals surface area contributed by atoms with Crippen LogP contribution in [0.1, 0.15) is 5.69 Å². The van der Waals surface area contributed by atoms with E-state index < -0.39 is 4.25 Å². The summed E-state index contributed by atoms with van der Waals surface area (Å²) in [6, 6.07) is 4.23. The fourth-order valence-electron chi connectivity index (χ4n) is 1.04. The Morgan fingerprint density at radius 2 is 2.09 bits per heavy atom. The Bertz CT molecular complexity index is 223. The third-order valence-corrected chi connectivity index (χ3v) is 3.80. The number of aromatic amines is 1. The van der Waals surface area contributed by atoms with E-state index in [4.69, 9.17) is 0 Å². The van der Waals surface area contributed by atoms with E-state index >= 15 is 0 Å². The van der Waals surface area contributed by atoms with Gasteiger partial charge < -0.3 is 0 Å². The van der Waals surface area contributed by atoms with Crippen molar-refractivity contribution in [2.45, 2.75) is 6.16 Å². The van der Waals surface area contributed by atoms with Crippen molar-refractivity contribution in [1.29, 1.82) is 0 Å². The molecule has 0 atom stereocenters. The van der Waals surface area contributed by atoms with Gasteiger partial charge in [0.25, 0.3) is 0 Å². The van der Waals surface area contributed by atoms with Crippen molar-refractivity contribution >= 4 is 26.3 Å². The number of H-pyrrole nitrogens is 1. The van der Waals surface area contributed by atoms with Crippen molar-refractivity contribution in [3.05, 3.63) is 24.0 Å². The van der Waals surface area contributed by atoms with E-state index in [1.165, 1.54) is 11.9 Å². The Morgan fingerprint density at radius 1 is 1.45 bits per heavy atom. The molecule has 0 aliphatic carbocycles. The summed E-state index contributed by atoms with van der Waals surface area (Å²) in [5.41, 5.74) is 1.37. The van der Waals surface area contributed by atoms with Crippen LogP contribution in [0.5, 0.6) is 0 Å². The first-order valence-corrected chi connectivity index (χ1v) is 10.2. The summed E-state index contributed by atoms with van der Waals surface area (Å²) >= 11 is 2.62. The van der Waals surface area contributed by atoms with Gasteiger partial charge in [-0.15, -0.1) is 0 Å². The molecule has 0 saturated carbocycles. The summed E-state index contributed by atoms with van der Waals surface area (Å²) < 4.78 is -1.38. The second kappa shape index (κ2) is 2.74. The number of halogens is 1. The monoisotopic (exact) mass is 283 g/mol. The number of aromatic nitrogens is 1. The average Bonchev–Trinajstić information content (AvgIpc) is 2.09. The standard InChI is InChI=1S/C8H15INP/c1-11(2,3,9)7-8-5-4-6-10-8/h4-6,10H,7H2,1-3H3. The molecule has 0 unspecified atom stereocenters. The zero-order valence-electron chi connectivity index (χ0n) is 7.26. The molecular weight excluding hydrogens is 268 g/mol. The maximum atomic E-state index is 3.25. The van der Waals surface area contributed by atoms with Gasteiger partial charge in [0.05, 0.1) is 0 Å². The van der Waals surface area contributed by atoms with E-state index in [9.17, 15) is 0 Å². The van der Waals surface area contributed by atoms with E-state index in [0.717, 1.165) is 0 Å². The summed E-state index contributed by atoms with van der Waals surface area (Å²) in [6.07, 6.45) is 3.20. The van der Waals surface area contributed by atoms with Gasteiger partial charge in [-0.2, -0.15) is 0 Å². The number of hydrogen-bond donors (Lipinski definition) is 1. The molecule has 1 aromatic heterocycles. The van der Waals surface area contributed by atoms with Crippen LogP contribution in [0.4, 0.5) is 0 Å². The Hall–Kier alpha value is 0.440. The second-order valence-corrected chi connectivity index (χ2v) is 21.2. The number of rotatable bonds is 2. The SMILES string of the molecule is CP(C)(C)(I)Cc1ccc[nH]1. The first kappa shape index (κ1) is 9.53. The first-order chi connectivity index (χ1) is 4.83. The van der Waals surface area contributed by atoms with E-state index in [-0.39, 0.29) is 0 Å². The molecule has 0 bridgehead atoms. The van der Waals surface area contributed by atoms with Gasteiger partial charge in [0.1, 0.15) is 0 Å². The van der Waals surface area contributed by atoms with Gasteiger partial charge >= 0.3 is 81.5 Å². The van der Waals surface area contributed by atoms with Crippen molar-refractivity contribution in [2.75, 3.05) is 20.0 Å². The maximum absolute atomic E-state index is 3.25. The summed E-state index contributed by atoms with van der Waals surface area (Å²) in [6.45, 7) is 7.15. The van der Waals surface area contributed by atoms with E-state index in [0.29, 0.717) is 0 Å². The quantitative estimate of drug-likeness (QED) is 0.633. The fourth-order valence-corrected chi connectivity index (χ4v) is 3.49. The molecule has 0 aliphatic heterocycles. The summed E-state index contributed by atoms with van der Waals surface area (Å²) in [4.78, 5) is 3.25. The van der Waals surface area contributed by atoms with Crippen LogP contribution in [0.3, 0.4) is 0 Å². The molecule has 1 aromatic rings. The molecule has 11 heavy (non-hydrogen) atoms. The third-order valence-electron chi connectivity index (χ3n) is 1.37. The van der Waals surface area contributed by atoms with Crippen LogP contribution < -0.4 is 0 Å². The molecular formula is C8H15INP.